The Morgan fingerprint density at radius 3 is 2.44 bits per heavy atom. The first kappa shape index (κ1) is 22.7. The minimum absolute atomic E-state index is 0.0886. The smallest absolute Gasteiger partial charge is 0.345 e. The summed E-state index contributed by atoms with van der Waals surface area (Å²) in [5, 5.41) is 13.4. The maximum absolute atomic E-state index is 13.7. The SMILES string of the molecule is O=C(COc1ccccc1F)OC(C(=O)Nc1ccc(Cl)c([N+](=O)[O-])c1)c1ccccc1. The lowest BCUT2D eigenvalue weighted by Gasteiger charge is -2.18. The molecule has 1 atom stereocenters. The van der Waals surface area contributed by atoms with Crippen LogP contribution in [0.2, 0.25) is 5.02 Å². The van der Waals surface area contributed by atoms with Crippen molar-refractivity contribution in [3.8, 4) is 5.75 Å². The van der Waals surface area contributed by atoms with Crippen molar-refractivity contribution in [2.75, 3.05) is 11.9 Å². The van der Waals surface area contributed by atoms with Gasteiger partial charge in [0.25, 0.3) is 11.6 Å². The third-order valence-corrected chi connectivity index (χ3v) is 4.50. The second kappa shape index (κ2) is 10.4. The number of carbonyl (C=O) groups excluding carboxylic acids is 2. The summed E-state index contributed by atoms with van der Waals surface area (Å²) in [5.74, 6) is -2.47. The molecule has 0 saturated carbocycles. The van der Waals surface area contributed by atoms with Crippen LogP contribution in [0.4, 0.5) is 15.8 Å². The summed E-state index contributed by atoms with van der Waals surface area (Å²) >= 11 is 5.79. The Morgan fingerprint density at radius 2 is 1.75 bits per heavy atom. The molecule has 3 rings (SSSR count). The zero-order valence-electron chi connectivity index (χ0n) is 16.4. The van der Waals surface area contributed by atoms with Crippen LogP contribution in [0.5, 0.6) is 5.75 Å². The second-order valence-corrected chi connectivity index (χ2v) is 6.82. The number of amides is 1. The van der Waals surface area contributed by atoms with Gasteiger partial charge in [0.05, 0.1) is 4.92 Å². The molecule has 0 radical (unpaired) electrons. The largest absolute Gasteiger partial charge is 0.479 e. The van der Waals surface area contributed by atoms with Gasteiger partial charge in [0.2, 0.25) is 6.10 Å². The van der Waals surface area contributed by atoms with Crippen LogP contribution in [0, 0.1) is 15.9 Å². The van der Waals surface area contributed by atoms with Crippen molar-refractivity contribution in [2.45, 2.75) is 6.10 Å². The molecule has 0 fully saturated rings. The molecule has 0 saturated heterocycles. The van der Waals surface area contributed by atoms with E-state index in [1.807, 2.05) is 0 Å². The van der Waals surface area contributed by atoms with Crippen molar-refractivity contribution >= 4 is 34.9 Å². The van der Waals surface area contributed by atoms with E-state index in [-0.39, 0.29) is 16.5 Å². The summed E-state index contributed by atoms with van der Waals surface area (Å²) in [6, 6.07) is 17.4. The molecule has 1 amide bonds. The third kappa shape index (κ3) is 5.79. The first-order valence-electron chi connectivity index (χ1n) is 9.21. The molecule has 1 N–H and O–H groups in total. The maximum Gasteiger partial charge on any atom is 0.345 e. The summed E-state index contributed by atoms with van der Waals surface area (Å²) in [4.78, 5) is 35.5. The molecule has 10 heteroatoms. The van der Waals surface area contributed by atoms with Crippen LogP contribution in [-0.2, 0) is 14.3 Å². The molecular formula is C22H16ClFN2O6. The van der Waals surface area contributed by atoms with Crippen LogP contribution >= 0.6 is 11.6 Å². The number of nitrogens with one attached hydrogen (secondary N) is 1. The lowest BCUT2D eigenvalue weighted by Crippen LogP contribution is -2.28. The number of hydrogen-bond acceptors (Lipinski definition) is 6. The molecule has 0 bridgehead atoms. The highest BCUT2D eigenvalue weighted by Gasteiger charge is 2.26. The number of hydrogen-bond donors (Lipinski definition) is 1. The molecule has 1 unspecified atom stereocenters. The van der Waals surface area contributed by atoms with Crippen molar-refractivity contribution in [1.29, 1.82) is 0 Å². The van der Waals surface area contributed by atoms with Gasteiger partial charge in [-0.1, -0.05) is 54.1 Å². The predicted molar refractivity (Wildman–Crippen MR) is 114 cm³/mol. The van der Waals surface area contributed by atoms with Gasteiger partial charge in [-0.15, -0.1) is 0 Å². The number of carbonyl (C=O) groups is 2. The highest BCUT2D eigenvalue weighted by molar-refractivity contribution is 6.32. The van der Waals surface area contributed by atoms with Gasteiger partial charge in [0.1, 0.15) is 5.02 Å². The Labute approximate surface area is 186 Å². The van der Waals surface area contributed by atoms with Gasteiger partial charge in [-0.3, -0.25) is 14.9 Å². The minimum Gasteiger partial charge on any atom is -0.479 e. The van der Waals surface area contributed by atoms with Crippen LogP contribution in [0.3, 0.4) is 0 Å². The molecule has 8 nitrogen and oxygen atoms in total. The Kier molecular flexibility index (Phi) is 7.35. The number of para-hydroxylation sites is 1. The Hall–Kier alpha value is -3.98. The molecule has 0 aliphatic heterocycles. The highest BCUT2D eigenvalue weighted by Crippen LogP contribution is 2.28. The van der Waals surface area contributed by atoms with Crippen molar-refractivity contribution in [1.82, 2.24) is 0 Å². The number of halogens is 2. The molecular weight excluding hydrogens is 443 g/mol. The molecule has 32 heavy (non-hydrogen) atoms. The number of ether oxygens (including phenoxy) is 2. The first-order valence-corrected chi connectivity index (χ1v) is 9.59. The van der Waals surface area contributed by atoms with Gasteiger partial charge in [-0.25, -0.2) is 9.18 Å². The average Bonchev–Trinajstić information content (AvgIpc) is 2.78. The van der Waals surface area contributed by atoms with Crippen molar-refractivity contribution in [3.05, 3.63) is 99.3 Å². The van der Waals surface area contributed by atoms with E-state index in [0.29, 0.717) is 5.56 Å². The average molecular weight is 459 g/mol. The van der Waals surface area contributed by atoms with E-state index < -0.39 is 41.0 Å². The quantitative estimate of drug-likeness (QED) is 0.298. The van der Waals surface area contributed by atoms with Gasteiger partial charge in [-0.2, -0.15) is 0 Å². The summed E-state index contributed by atoms with van der Waals surface area (Å²) in [5.41, 5.74) is 0.0504. The molecule has 0 aromatic heterocycles. The molecule has 164 valence electrons. The van der Waals surface area contributed by atoms with E-state index in [1.54, 1.807) is 30.3 Å². The Bertz CT molecular complexity index is 1140. The van der Waals surface area contributed by atoms with E-state index in [9.17, 15) is 24.1 Å². The van der Waals surface area contributed by atoms with Crippen LogP contribution in [0.25, 0.3) is 0 Å². The Balaban J connectivity index is 1.75. The van der Waals surface area contributed by atoms with Crippen molar-refractivity contribution in [2.24, 2.45) is 0 Å². The minimum atomic E-state index is -1.39. The van der Waals surface area contributed by atoms with Crippen LogP contribution in [0.15, 0.2) is 72.8 Å². The number of nitrogens with zero attached hydrogens (tertiary/aromatic N) is 1. The maximum atomic E-state index is 13.7. The molecule has 3 aromatic rings. The number of anilines is 1. The lowest BCUT2D eigenvalue weighted by molar-refractivity contribution is -0.384. The first-order chi connectivity index (χ1) is 15.3. The fraction of sp³-hybridized carbons (Fsp3) is 0.0909. The molecule has 0 heterocycles. The van der Waals surface area contributed by atoms with Crippen LogP contribution in [-0.4, -0.2) is 23.4 Å². The fourth-order valence-corrected chi connectivity index (χ4v) is 2.89. The van der Waals surface area contributed by atoms with Gasteiger partial charge in [0, 0.05) is 17.3 Å². The second-order valence-electron chi connectivity index (χ2n) is 6.41. The number of benzene rings is 3. The predicted octanol–water partition coefficient (Wildman–Crippen LogP) is 4.69. The van der Waals surface area contributed by atoms with E-state index >= 15 is 0 Å². The zero-order chi connectivity index (χ0) is 23.1. The van der Waals surface area contributed by atoms with Gasteiger partial charge >= 0.3 is 5.97 Å². The summed E-state index contributed by atoms with van der Waals surface area (Å²) in [6.45, 7) is -0.635. The van der Waals surface area contributed by atoms with E-state index in [0.717, 1.165) is 6.07 Å². The molecule has 0 spiro atoms. The van der Waals surface area contributed by atoms with Crippen LogP contribution < -0.4 is 10.1 Å². The Morgan fingerprint density at radius 1 is 1.06 bits per heavy atom. The molecule has 0 aliphatic carbocycles. The lowest BCUT2D eigenvalue weighted by atomic mass is 10.1. The zero-order valence-corrected chi connectivity index (χ0v) is 17.1. The summed E-state index contributed by atoms with van der Waals surface area (Å²) in [7, 11) is 0. The fourth-order valence-electron chi connectivity index (χ4n) is 2.70. The van der Waals surface area contributed by atoms with E-state index in [2.05, 4.69) is 5.32 Å². The number of rotatable bonds is 8. The van der Waals surface area contributed by atoms with Crippen LogP contribution in [0.1, 0.15) is 11.7 Å². The standard InChI is InChI=1S/C22H16ClFN2O6/c23-16-11-10-15(12-18(16)26(29)30)25-22(28)21(14-6-2-1-3-7-14)32-20(27)13-31-19-9-5-4-8-17(19)24/h1-12,21H,13H2,(H,25,28). The normalized spacial score (nSPS) is 11.3. The topological polar surface area (TPSA) is 108 Å². The van der Waals surface area contributed by atoms with E-state index in [4.69, 9.17) is 21.1 Å². The highest BCUT2D eigenvalue weighted by atomic mass is 35.5. The van der Waals surface area contributed by atoms with E-state index in [1.165, 1.54) is 36.4 Å². The van der Waals surface area contributed by atoms with Crippen molar-refractivity contribution < 1.29 is 28.4 Å². The van der Waals surface area contributed by atoms with Crippen molar-refractivity contribution in [3.63, 3.8) is 0 Å². The number of nitro benzene ring substituents is 1. The number of nitro groups is 1. The number of esters is 1. The molecule has 0 aliphatic rings. The monoisotopic (exact) mass is 458 g/mol. The van der Waals surface area contributed by atoms with Gasteiger partial charge in [0.15, 0.2) is 18.2 Å². The summed E-state index contributed by atoms with van der Waals surface area (Å²) < 4.78 is 24.1. The van der Waals surface area contributed by atoms with Gasteiger partial charge < -0.3 is 14.8 Å². The molecule has 3 aromatic carbocycles. The summed E-state index contributed by atoms with van der Waals surface area (Å²) in [6.07, 6.45) is -1.39. The third-order valence-electron chi connectivity index (χ3n) is 4.18. The van der Waals surface area contributed by atoms with Gasteiger partial charge in [-0.05, 0) is 24.3 Å².